The third-order valence-electron chi connectivity index (χ3n) is 2.52. The van der Waals surface area contributed by atoms with Crippen LogP contribution in [0, 0.1) is 13.8 Å². The third kappa shape index (κ3) is 2.71. The molecule has 6 heteroatoms. The van der Waals surface area contributed by atoms with Crippen LogP contribution >= 0.6 is 38.6 Å². The van der Waals surface area contributed by atoms with Gasteiger partial charge in [-0.3, -0.25) is 4.79 Å². The summed E-state index contributed by atoms with van der Waals surface area (Å²) in [6.07, 6.45) is 1.76. The lowest BCUT2D eigenvalue weighted by Gasteiger charge is -1.95. The van der Waals surface area contributed by atoms with E-state index in [0.29, 0.717) is 10.6 Å². The average Bonchev–Trinajstić information content (AvgIpc) is 2.81. The molecule has 2 rings (SSSR count). The number of hydrogen-bond acceptors (Lipinski definition) is 4. The summed E-state index contributed by atoms with van der Waals surface area (Å²) in [5, 5.41) is 0.682. The molecule has 2 aromatic rings. The molecule has 2 heterocycles. The minimum Gasteiger partial charge on any atom is -0.365 e. The van der Waals surface area contributed by atoms with Gasteiger partial charge in [0.1, 0.15) is 5.00 Å². The summed E-state index contributed by atoms with van der Waals surface area (Å²) in [5.41, 5.74) is 6.85. The van der Waals surface area contributed by atoms with Crippen LogP contribution in [-0.4, -0.2) is 12.1 Å². The van der Waals surface area contributed by atoms with E-state index in [4.69, 9.17) is 5.73 Å². The number of carbonyl (C=O) groups is 1. The van der Waals surface area contributed by atoms with E-state index in [2.05, 4.69) is 20.9 Å². The Bertz CT molecular complexity index is 628. The maximum Gasteiger partial charge on any atom is 0.252 e. The summed E-state index contributed by atoms with van der Waals surface area (Å²) in [4.78, 5) is 17.9. The molecule has 0 radical (unpaired) electrons. The monoisotopic (exact) mass is 342 g/mol. The van der Waals surface area contributed by atoms with Crippen molar-refractivity contribution in [3.8, 4) is 0 Å². The number of thiophene rings is 2. The van der Waals surface area contributed by atoms with Crippen molar-refractivity contribution >= 4 is 55.7 Å². The summed E-state index contributed by atoms with van der Waals surface area (Å²) in [6.45, 7) is 3.86. The van der Waals surface area contributed by atoms with Gasteiger partial charge in [-0.05, 0) is 47.5 Å². The van der Waals surface area contributed by atoms with Crippen molar-refractivity contribution < 1.29 is 4.79 Å². The molecule has 0 saturated carbocycles. The number of primary amides is 1. The smallest absolute Gasteiger partial charge is 0.252 e. The first-order chi connectivity index (χ1) is 8.49. The van der Waals surface area contributed by atoms with Gasteiger partial charge >= 0.3 is 0 Å². The number of aryl methyl sites for hydroxylation is 1. The van der Waals surface area contributed by atoms with Crippen molar-refractivity contribution in [2.45, 2.75) is 13.8 Å². The Labute approximate surface area is 121 Å². The van der Waals surface area contributed by atoms with Crippen LogP contribution in [0.2, 0.25) is 0 Å². The normalized spacial score (nSPS) is 11.3. The summed E-state index contributed by atoms with van der Waals surface area (Å²) in [5.74, 6) is -0.420. The van der Waals surface area contributed by atoms with Crippen LogP contribution in [-0.2, 0) is 0 Å². The van der Waals surface area contributed by atoms with Gasteiger partial charge in [0.15, 0.2) is 0 Å². The lowest BCUT2D eigenvalue weighted by atomic mass is 10.1. The minimum atomic E-state index is -0.420. The Morgan fingerprint density at radius 2 is 2.11 bits per heavy atom. The van der Waals surface area contributed by atoms with Gasteiger partial charge in [-0.25, -0.2) is 4.99 Å². The SMILES string of the molecule is Cc1sc(/N=C/c2ccc(Br)s2)c(C(N)=O)c1C. The van der Waals surface area contributed by atoms with Crippen LogP contribution in [0.1, 0.15) is 25.7 Å². The topological polar surface area (TPSA) is 55.4 Å². The van der Waals surface area contributed by atoms with Gasteiger partial charge in [-0.1, -0.05) is 0 Å². The summed E-state index contributed by atoms with van der Waals surface area (Å²) < 4.78 is 1.05. The Hall–Kier alpha value is -0.980. The maximum atomic E-state index is 11.4. The number of halogens is 1. The highest BCUT2D eigenvalue weighted by Gasteiger charge is 2.16. The van der Waals surface area contributed by atoms with Gasteiger partial charge in [-0.2, -0.15) is 0 Å². The van der Waals surface area contributed by atoms with E-state index in [1.165, 1.54) is 11.3 Å². The fraction of sp³-hybridized carbons (Fsp3) is 0.167. The molecule has 0 aliphatic carbocycles. The first kappa shape index (κ1) is 13.5. The highest BCUT2D eigenvalue weighted by atomic mass is 79.9. The number of amides is 1. The van der Waals surface area contributed by atoms with E-state index in [9.17, 15) is 4.79 Å². The third-order valence-corrected chi connectivity index (χ3v) is 5.19. The van der Waals surface area contributed by atoms with Gasteiger partial charge in [-0.15, -0.1) is 22.7 Å². The molecule has 94 valence electrons. The van der Waals surface area contributed by atoms with Gasteiger partial charge in [0.2, 0.25) is 0 Å². The molecule has 2 N–H and O–H groups in total. The zero-order valence-corrected chi connectivity index (χ0v) is 13.1. The predicted molar refractivity (Wildman–Crippen MR) is 81.6 cm³/mol. The number of nitrogens with zero attached hydrogens (tertiary/aromatic N) is 1. The molecule has 0 spiro atoms. The minimum absolute atomic E-state index is 0.420. The summed E-state index contributed by atoms with van der Waals surface area (Å²) >= 11 is 6.47. The van der Waals surface area contributed by atoms with E-state index in [1.54, 1.807) is 17.6 Å². The Morgan fingerprint density at radius 1 is 1.39 bits per heavy atom. The van der Waals surface area contributed by atoms with E-state index in [0.717, 1.165) is 19.1 Å². The largest absolute Gasteiger partial charge is 0.365 e. The van der Waals surface area contributed by atoms with Crippen LogP contribution in [0.15, 0.2) is 20.9 Å². The first-order valence-corrected chi connectivity index (χ1v) is 7.61. The lowest BCUT2D eigenvalue weighted by Crippen LogP contribution is -2.11. The van der Waals surface area contributed by atoms with E-state index < -0.39 is 5.91 Å². The molecule has 0 saturated heterocycles. The second-order valence-electron chi connectivity index (χ2n) is 3.73. The molecule has 0 bridgehead atoms. The van der Waals surface area contributed by atoms with Gasteiger partial charge < -0.3 is 5.73 Å². The average molecular weight is 343 g/mol. The van der Waals surface area contributed by atoms with Crippen LogP contribution in [0.3, 0.4) is 0 Å². The molecule has 0 unspecified atom stereocenters. The number of rotatable bonds is 3. The number of nitrogens with two attached hydrogens (primary N) is 1. The highest BCUT2D eigenvalue weighted by Crippen LogP contribution is 2.34. The lowest BCUT2D eigenvalue weighted by molar-refractivity contribution is 0.100. The molecule has 0 aliphatic rings. The van der Waals surface area contributed by atoms with E-state index >= 15 is 0 Å². The zero-order valence-electron chi connectivity index (χ0n) is 9.86. The second-order valence-corrected chi connectivity index (χ2v) is 7.43. The van der Waals surface area contributed by atoms with E-state index in [1.807, 2.05) is 26.0 Å². The standard InChI is InChI=1S/C12H11BrN2OS2/c1-6-7(2)17-12(10(6)11(14)16)15-5-8-3-4-9(13)18-8/h3-5H,1-2H3,(H2,14,16)/b15-5+. The van der Waals surface area contributed by atoms with Crippen molar-refractivity contribution in [2.75, 3.05) is 0 Å². The molecule has 18 heavy (non-hydrogen) atoms. The fourth-order valence-electron chi connectivity index (χ4n) is 1.51. The molecule has 0 atom stereocenters. The molecular weight excluding hydrogens is 332 g/mol. The van der Waals surface area contributed by atoms with Crippen LogP contribution in [0.4, 0.5) is 5.00 Å². The Kier molecular flexibility index (Phi) is 3.99. The number of aliphatic imine (C=N–C) groups is 1. The fourth-order valence-corrected chi connectivity index (χ4v) is 3.81. The molecule has 0 fully saturated rings. The van der Waals surface area contributed by atoms with Crippen LogP contribution < -0.4 is 5.73 Å². The van der Waals surface area contributed by atoms with Crippen LogP contribution in [0.25, 0.3) is 0 Å². The molecule has 0 aromatic carbocycles. The zero-order chi connectivity index (χ0) is 13.3. The van der Waals surface area contributed by atoms with Crippen LogP contribution in [0.5, 0.6) is 0 Å². The van der Waals surface area contributed by atoms with Gasteiger partial charge in [0, 0.05) is 16.0 Å². The number of carbonyl (C=O) groups excluding carboxylic acids is 1. The van der Waals surface area contributed by atoms with Gasteiger partial charge in [0.05, 0.1) is 9.35 Å². The predicted octanol–water partition coefficient (Wildman–Crippen LogP) is 4.04. The second kappa shape index (κ2) is 5.34. The van der Waals surface area contributed by atoms with Crippen molar-refractivity contribution in [1.82, 2.24) is 0 Å². The first-order valence-electron chi connectivity index (χ1n) is 5.18. The molecule has 1 amide bonds. The molecule has 3 nitrogen and oxygen atoms in total. The van der Waals surface area contributed by atoms with Crippen molar-refractivity contribution in [1.29, 1.82) is 0 Å². The van der Waals surface area contributed by atoms with Crippen molar-refractivity contribution in [2.24, 2.45) is 10.7 Å². The Balaban J connectivity index is 2.37. The van der Waals surface area contributed by atoms with Crippen molar-refractivity contribution in [3.63, 3.8) is 0 Å². The maximum absolute atomic E-state index is 11.4. The Morgan fingerprint density at radius 3 is 2.67 bits per heavy atom. The molecule has 2 aromatic heterocycles. The number of hydrogen-bond donors (Lipinski definition) is 1. The summed E-state index contributed by atoms with van der Waals surface area (Å²) in [7, 11) is 0. The highest BCUT2D eigenvalue weighted by molar-refractivity contribution is 9.11. The van der Waals surface area contributed by atoms with E-state index in [-0.39, 0.29) is 0 Å². The molecule has 0 aliphatic heterocycles. The molecular formula is C12H11BrN2OS2. The summed E-state index contributed by atoms with van der Waals surface area (Å²) in [6, 6.07) is 3.93. The van der Waals surface area contributed by atoms with Crippen molar-refractivity contribution in [3.05, 3.63) is 36.8 Å². The quantitative estimate of drug-likeness (QED) is 0.840. The van der Waals surface area contributed by atoms with Gasteiger partial charge in [0.25, 0.3) is 5.91 Å².